The van der Waals surface area contributed by atoms with Crippen molar-refractivity contribution in [3.8, 4) is 5.75 Å². The lowest BCUT2D eigenvalue weighted by molar-refractivity contribution is -0.122. The smallest absolute Gasteiger partial charge is 0.222 e. The van der Waals surface area contributed by atoms with Gasteiger partial charge in [-0.15, -0.1) is 0 Å². The van der Waals surface area contributed by atoms with E-state index in [2.05, 4.69) is 29.8 Å². The van der Waals surface area contributed by atoms with E-state index in [1.54, 1.807) is 7.11 Å². The van der Waals surface area contributed by atoms with Gasteiger partial charge in [0.15, 0.2) is 0 Å². The number of anilines is 1. The molecule has 0 aliphatic rings. The second-order valence-electron chi connectivity index (χ2n) is 7.40. The summed E-state index contributed by atoms with van der Waals surface area (Å²) in [5, 5.41) is 9.33. The predicted molar refractivity (Wildman–Crippen MR) is 116 cm³/mol. The molecule has 0 aliphatic carbocycles. The van der Waals surface area contributed by atoms with E-state index in [1.807, 2.05) is 54.6 Å². The number of amides is 2. The van der Waals surface area contributed by atoms with Gasteiger partial charge in [-0.3, -0.25) is 9.59 Å². The van der Waals surface area contributed by atoms with Crippen LogP contribution >= 0.6 is 0 Å². The molecule has 6 heteroatoms. The number of hydrogen-bond donors (Lipinski definition) is 3. The van der Waals surface area contributed by atoms with Gasteiger partial charge in [-0.2, -0.15) is 0 Å². The van der Waals surface area contributed by atoms with Crippen LogP contribution in [0, 0.1) is 5.92 Å². The fourth-order valence-electron chi connectivity index (χ4n) is 3.02. The van der Waals surface area contributed by atoms with Gasteiger partial charge in [0, 0.05) is 25.2 Å². The summed E-state index contributed by atoms with van der Waals surface area (Å²) in [6, 6.07) is 17.0. The van der Waals surface area contributed by atoms with Gasteiger partial charge in [-0.05, 0) is 35.7 Å². The fraction of sp³-hybridized carbons (Fsp3) is 0.391. The molecule has 2 rings (SSSR count). The van der Waals surface area contributed by atoms with Gasteiger partial charge in [-0.1, -0.05) is 44.2 Å². The maximum absolute atomic E-state index is 12.6. The van der Waals surface area contributed by atoms with Crippen molar-refractivity contribution >= 4 is 17.5 Å². The van der Waals surface area contributed by atoms with E-state index in [-0.39, 0.29) is 24.3 Å². The fourth-order valence-corrected chi connectivity index (χ4v) is 3.02. The summed E-state index contributed by atoms with van der Waals surface area (Å²) in [6.45, 7) is 6.18. The van der Waals surface area contributed by atoms with Gasteiger partial charge in [0.1, 0.15) is 5.75 Å². The SMILES string of the molecule is COc1ccc(C(CC(=O)NCC(Nc2ccccc2)C(C)C)NC(C)=O)cc1. The molecule has 29 heavy (non-hydrogen) atoms. The van der Waals surface area contributed by atoms with Crippen molar-refractivity contribution in [1.82, 2.24) is 10.6 Å². The van der Waals surface area contributed by atoms with Crippen molar-refractivity contribution < 1.29 is 14.3 Å². The zero-order valence-corrected chi connectivity index (χ0v) is 17.6. The topological polar surface area (TPSA) is 79.5 Å². The molecule has 3 N–H and O–H groups in total. The normalized spacial score (nSPS) is 12.7. The van der Waals surface area contributed by atoms with Gasteiger partial charge in [0.05, 0.1) is 19.6 Å². The Kier molecular flexibility index (Phi) is 8.52. The molecule has 0 saturated heterocycles. The minimum Gasteiger partial charge on any atom is -0.497 e. The molecule has 2 aromatic carbocycles. The molecule has 0 radical (unpaired) electrons. The highest BCUT2D eigenvalue weighted by Crippen LogP contribution is 2.20. The Balaban J connectivity index is 1.97. The second-order valence-corrected chi connectivity index (χ2v) is 7.40. The van der Waals surface area contributed by atoms with E-state index >= 15 is 0 Å². The molecular formula is C23H31N3O3. The number of nitrogens with one attached hydrogen (secondary N) is 3. The van der Waals surface area contributed by atoms with E-state index in [0.717, 1.165) is 17.0 Å². The first kappa shape index (κ1) is 22.3. The molecule has 0 spiro atoms. The van der Waals surface area contributed by atoms with Crippen molar-refractivity contribution in [2.24, 2.45) is 5.92 Å². The Hall–Kier alpha value is -3.02. The van der Waals surface area contributed by atoms with E-state index < -0.39 is 6.04 Å². The molecule has 0 fully saturated rings. The van der Waals surface area contributed by atoms with Crippen LogP contribution in [0.1, 0.15) is 38.8 Å². The van der Waals surface area contributed by atoms with Crippen LogP contribution in [0.3, 0.4) is 0 Å². The van der Waals surface area contributed by atoms with Crippen molar-refractivity contribution in [1.29, 1.82) is 0 Å². The summed E-state index contributed by atoms with van der Waals surface area (Å²) < 4.78 is 5.17. The molecule has 0 aliphatic heterocycles. The quantitative estimate of drug-likeness (QED) is 0.573. The van der Waals surface area contributed by atoms with Gasteiger partial charge < -0.3 is 20.7 Å². The third-order valence-corrected chi connectivity index (χ3v) is 4.73. The van der Waals surface area contributed by atoms with Gasteiger partial charge in [0.25, 0.3) is 0 Å². The van der Waals surface area contributed by atoms with Crippen LogP contribution in [0.15, 0.2) is 54.6 Å². The molecule has 2 aromatic rings. The first-order valence-corrected chi connectivity index (χ1v) is 9.88. The summed E-state index contributed by atoms with van der Waals surface area (Å²) >= 11 is 0. The zero-order valence-electron chi connectivity index (χ0n) is 17.6. The number of hydrogen-bond acceptors (Lipinski definition) is 4. The van der Waals surface area contributed by atoms with Crippen molar-refractivity contribution in [3.05, 3.63) is 60.2 Å². The molecule has 0 aromatic heterocycles. The average Bonchev–Trinajstić information content (AvgIpc) is 2.71. The molecule has 2 amide bonds. The number of carbonyl (C=O) groups excluding carboxylic acids is 2. The highest BCUT2D eigenvalue weighted by atomic mass is 16.5. The van der Waals surface area contributed by atoms with Crippen molar-refractivity contribution in [2.45, 2.75) is 39.3 Å². The van der Waals surface area contributed by atoms with Crippen LogP contribution in [0.5, 0.6) is 5.75 Å². The Labute approximate surface area is 173 Å². The minimum absolute atomic E-state index is 0.0987. The van der Waals surface area contributed by atoms with E-state index in [0.29, 0.717) is 12.5 Å². The van der Waals surface area contributed by atoms with Crippen LogP contribution in [-0.2, 0) is 9.59 Å². The lowest BCUT2D eigenvalue weighted by atomic mass is 10.0. The predicted octanol–water partition coefficient (Wildman–Crippen LogP) is 3.52. The molecule has 2 atom stereocenters. The number of rotatable bonds is 10. The molecule has 0 saturated carbocycles. The number of ether oxygens (including phenoxy) is 1. The van der Waals surface area contributed by atoms with E-state index in [9.17, 15) is 9.59 Å². The second kappa shape index (κ2) is 11.1. The summed E-state index contributed by atoms with van der Waals surface area (Å²) in [6.07, 6.45) is 0.169. The van der Waals surface area contributed by atoms with Crippen molar-refractivity contribution in [3.63, 3.8) is 0 Å². The minimum atomic E-state index is -0.391. The highest BCUT2D eigenvalue weighted by molar-refractivity contribution is 5.79. The Morgan fingerprint density at radius 1 is 1.00 bits per heavy atom. The van der Waals surface area contributed by atoms with Crippen LogP contribution in [0.25, 0.3) is 0 Å². The third-order valence-electron chi connectivity index (χ3n) is 4.73. The standard InChI is InChI=1S/C23H31N3O3/c1-16(2)22(26-19-8-6-5-7-9-19)15-24-23(28)14-21(25-17(3)27)18-10-12-20(29-4)13-11-18/h5-13,16,21-22,26H,14-15H2,1-4H3,(H,24,28)(H,25,27). The van der Waals surface area contributed by atoms with Crippen LogP contribution in [-0.4, -0.2) is 31.5 Å². The number of para-hydroxylation sites is 1. The summed E-state index contributed by atoms with van der Waals surface area (Å²) in [5.41, 5.74) is 1.88. The summed E-state index contributed by atoms with van der Waals surface area (Å²) in [7, 11) is 1.60. The first-order chi connectivity index (χ1) is 13.9. The molecule has 2 unspecified atom stereocenters. The van der Waals surface area contributed by atoms with Crippen LogP contribution in [0.4, 0.5) is 5.69 Å². The Bertz CT molecular complexity index is 776. The largest absolute Gasteiger partial charge is 0.497 e. The summed E-state index contributed by atoms with van der Waals surface area (Å²) in [4.78, 5) is 24.2. The Morgan fingerprint density at radius 3 is 2.21 bits per heavy atom. The zero-order chi connectivity index (χ0) is 21.2. The first-order valence-electron chi connectivity index (χ1n) is 9.88. The molecule has 6 nitrogen and oxygen atoms in total. The highest BCUT2D eigenvalue weighted by Gasteiger charge is 2.19. The number of benzene rings is 2. The lowest BCUT2D eigenvalue weighted by Gasteiger charge is -2.25. The van der Waals surface area contributed by atoms with Crippen LogP contribution in [0.2, 0.25) is 0 Å². The molecular weight excluding hydrogens is 366 g/mol. The van der Waals surface area contributed by atoms with Gasteiger partial charge in [-0.25, -0.2) is 0 Å². The number of carbonyl (C=O) groups is 2. The Morgan fingerprint density at radius 2 is 1.66 bits per heavy atom. The van der Waals surface area contributed by atoms with Gasteiger partial charge >= 0.3 is 0 Å². The number of methoxy groups -OCH3 is 1. The van der Waals surface area contributed by atoms with Gasteiger partial charge in [0.2, 0.25) is 11.8 Å². The third kappa shape index (κ3) is 7.49. The maximum Gasteiger partial charge on any atom is 0.222 e. The molecule has 0 heterocycles. The maximum atomic E-state index is 12.6. The van der Waals surface area contributed by atoms with E-state index in [4.69, 9.17) is 4.74 Å². The van der Waals surface area contributed by atoms with Crippen LogP contribution < -0.4 is 20.7 Å². The molecule has 0 bridgehead atoms. The van der Waals surface area contributed by atoms with E-state index in [1.165, 1.54) is 6.92 Å². The summed E-state index contributed by atoms with van der Waals surface area (Å²) in [5.74, 6) is 0.777. The molecule has 156 valence electrons. The monoisotopic (exact) mass is 397 g/mol. The average molecular weight is 398 g/mol. The lowest BCUT2D eigenvalue weighted by Crippen LogP contribution is -2.41. The van der Waals surface area contributed by atoms with Crippen molar-refractivity contribution in [2.75, 3.05) is 19.0 Å².